The van der Waals surface area contributed by atoms with Crippen LogP contribution in [0.4, 0.5) is 0 Å². The molecule has 7 nitrogen and oxygen atoms in total. The van der Waals surface area contributed by atoms with Crippen LogP contribution in [0.5, 0.6) is 11.5 Å². The summed E-state index contributed by atoms with van der Waals surface area (Å²) in [5.74, 6) is 0.197. The SMILES string of the molecule is CCCC(c1ccc2cn(C(C)(C)CCc3ccc(O)c(OC(C)(C)C)c3)cc2c1)S(=O)N=NC(C)=O. The Morgan fingerprint density at radius 2 is 1.78 bits per heavy atom. The highest BCUT2D eigenvalue weighted by Crippen LogP contribution is 2.34. The number of phenols is 1. The third-order valence-corrected chi connectivity index (χ3v) is 7.50. The van der Waals surface area contributed by atoms with Crippen molar-refractivity contribution in [3.05, 3.63) is 59.9 Å². The van der Waals surface area contributed by atoms with E-state index in [1.54, 1.807) is 6.07 Å². The molecule has 2 atom stereocenters. The van der Waals surface area contributed by atoms with E-state index in [0.717, 1.165) is 41.2 Å². The number of aromatic hydroxyl groups is 1. The summed E-state index contributed by atoms with van der Waals surface area (Å²) in [5, 5.41) is 15.5. The third kappa shape index (κ3) is 7.74. The van der Waals surface area contributed by atoms with Gasteiger partial charge in [-0.1, -0.05) is 36.1 Å². The topological polar surface area (TPSA) is 93.2 Å². The van der Waals surface area contributed by atoms with Crippen LogP contribution < -0.4 is 4.74 Å². The number of ether oxygens (including phenoxy) is 1. The van der Waals surface area contributed by atoms with Crippen molar-refractivity contribution in [1.29, 1.82) is 0 Å². The molecule has 1 N–H and O–H groups in total. The van der Waals surface area contributed by atoms with Gasteiger partial charge in [-0.2, -0.15) is 0 Å². The second-order valence-electron chi connectivity index (χ2n) is 11.1. The zero-order valence-electron chi connectivity index (χ0n) is 22.9. The Balaban J connectivity index is 1.81. The third-order valence-electron chi connectivity index (χ3n) is 6.26. The number of nitrogens with zero attached hydrogens (tertiary/aromatic N) is 3. The molecule has 200 valence electrons. The maximum absolute atomic E-state index is 12.7. The van der Waals surface area contributed by atoms with Crippen LogP contribution in [-0.2, 0) is 27.7 Å². The van der Waals surface area contributed by atoms with E-state index >= 15 is 0 Å². The average Bonchev–Trinajstić information content (AvgIpc) is 3.25. The quantitative estimate of drug-likeness (QED) is 0.279. The van der Waals surface area contributed by atoms with Crippen LogP contribution >= 0.6 is 0 Å². The number of hydrogen-bond acceptors (Lipinski definition) is 4. The van der Waals surface area contributed by atoms with Gasteiger partial charge >= 0.3 is 0 Å². The molecular formula is C29H39N3O4S. The van der Waals surface area contributed by atoms with Crippen LogP contribution in [0.15, 0.2) is 58.4 Å². The highest BCUT2D eigenvalue weighted by molar-refractivity contribution is 7.83. The largest absolute Gasteiger partial charge is 0.504 e. The van der Waals surface area contributed by atoms with Gasteiger partial charge in [0.25, 0.3) is 5.91 Å². The van der Waals surface area contributed by atoms with Gasteiger partial charge in [-0.25, -0.2) is 4.21 Å². The molecule has 3 rings (SSSR count). The number of carbonyl (C=O) groups excluding carboxylic acids is 1. The normalized spacial score (nSPS) is 14.2. The van der Waals surface area contributed by atoms with Crippen molar-refractivity contribution in [2.75, 3.05) is 0 Å². The smallest absolute Gasteiger partial charge is 0.262 e. The van der Waals surface area contributed by atoms with Crippen LogP contribution in [0.25, 0.3) is 10.8 Å². The van der Waals surface area contributed by atoms with E-state index in [0.29, 0.717) is 12.2 Å². The molecule has 0 radical (unpaired) electrons. The number of rotatable bonds is 10. The summed E-state index contributed by atoms with van der Waals surface area (Å²) in [4.78, 5) is 11.2. The number of amides is 1. The zero-order chi connectivity index (χ0) is 27.4. The molecule has 0 saturated heterocycles. The van der Waals surface area contributed by atoms with Gasteiger partial charge < -0.3 is 14.4 Å². The zero-order valence-corrected chi connectivity index (χ0v) is 23.8. The molecule has 1 heterocycles. The standard InChI is InChI=1S/C29H39N3O4S/c1-8-9-27(37(35)31-30-20(2)33)22-11-12-23-18-32(19-24(23)17-22)29(6,7)15-14-21-10-13-25(34)26(16-21)36-28(3,4)5/h10-13,16-19,27,34H,8-9,14-15H2,1-7H3. The van der Waals surface area contributed by atoms with E-state index in [1.165, 1.54) is 6.92 Å². The predicted molar refractivity (Wildman–Crippen MR) is 149 cm³/mol. The van der Waals surface area contributed by atoms with Crippen LogP contribution in [-0.4, -0.2) is 25.4 Å². The van der Waals surface area contributed by atoms with E-state index in [4.69, 9.17) is 4.74 Å². The van der Waals surface area contributed by atoms with Crippen molar-refractivity contribution in [2.24, 2.45) is 9.63 Å². The molecule has 2 aromatic carbocycles. The van der Waals surface area contributed by atoms with Gasteiger partial charge in [0.2, 0.25) is 0 Å². The summed E-state index contributed by atoms with van der Waals surface area (Å²) < 4.78 is 24.6. The lowest BCUT2D eigenvalue weighted by Gasteiger charge is -2.27. The van der Waals surface area contributed by atoms with Gasteiger partial charge in [0.05, 0.1) is 5.25 Å². The first kappa shape index (κ1) is 28.6. The number of fused-ring (bicyclic) bond motifs is 1. The minimum atomic E-state index is -1.61. The second-order valence-corrected chi connectivity index (χ2v) is 12.4. The van der Waals surface area contributed by atoms with Gasteiger partial charge in [0.15, 0.2) is 22.5 Å². The number of carbonyl (C=O) groups is 1. The van der Waals surface area contributed by atoms with Crippen molar-refractivity contribution >= 4 is 27.7 Å². The fourth-order valence-electron chi connectivity index (χ4n) is 4.22. The average molecular weight is 526 g/mol. The summed E-state index contributed by atoms with van der Waals surface area (Å²) in [5.41, 5.74) is 1.48. The summed E-state index contributed by atoms with van der Waals surface area (Å²) in [6.07, 6.45) is 7.52. The number of phenolic OH excluding ortho intramolecular Hbond substituents is 1. The Morgan fingerprint density at radius 1 is 1.08 bits per heavy atom. The lowest BCUT2D eigenvalue weighted by Crippen LogP contribution is -2.25. The maximum atomic E-state index is 12.7. The van der Waals surface area contributed by atoms with Crippen LogP contribution in [0.2, 0.25) is 0 Å². The highest BCUT2D eigenvalue weighted by Gasteiger charge is 2.23. The lowest BCUT2D eigenvalue weighted by atomic mass is 9.95. The van der Waals surface area contributed by atoms with Crippen LogP contribution in [0, 0.1) is 0 Å². The van der Waals surface area contributed by atoms with Gasteiger partial charge in [0.1, 0.15) is 5.60 Å². The molecule has 0 aliphatic carbocycles. The molecule has 0 spiro atoms. The van der Waals surface area contributed by atoms with Crippen molar-refractivity contribution in [2.45, 2.75) is 90.5 Å². The summed E-state index contributed by atoms with van der Waals surface area (Å²) in [6, 6.07) is 11.7. The van der Waals surface area contributed by atoms with Crippen molar-refractivity contribution < 1.29 is 18.8 Å². The molecular weight excluding hydrogens is 486 g/mol. The number of benzene rings is 2. The van der Waals surface area contributed by atoms with Crippen LogP contribution in [0.3, 0.4) is 0 Å². The van der Waals surface area contributed by atoms with Crippen molar-refractivity contribution in [1.82, 2.24) is 4.57 Å². The summed E-state index contributed by atoms with van der Waals surface area (Å²) >= 11 is 0. The predicted octanol–water partition coefficient (Wildman–Crippen LogP) is 7.40. The number of aromatic nitrogens is 1. The molecule has 0 fully saturated rings. The number of hydrogen-bond donors (Lipinski definition) is 1. The molecule has 0 saturated carbocycles. The highest BCUT2D eigenvalue weighted by atomic mass is 32.2. The van der Waals surface area contributed by atoms with Crippen molar-refractivity contribution in [3.8, 4) is 11.5 Å². The Bertz CT molecular complexity index is 1300. The first-order valence-corrected chi connectivity index (χ1v) is 13.9. The van der Waals surface area contributed by atoms with E-state index in [9.17, 15) is 14.1 Å². The fourth-order valence-corrected chi connectivity index (χ4v) is 5.34. The van der Waals surface area contributed by atoms with E-state index in [1.807, 2.05) is 45.9 Å². The van der Waals surface area contributed by atoms with Gasteiger partial charge in [0, 0.05) is 24.9 Å². The molecule has 2 unspecified atom stereocenters. The maximum Gasteiger partial charge on any atom is 0.262 e. The minimum absolute atomic E-state index is 0.149. The summed E-state index contributed by atoms with van der Waals surface area (Å²) in [6.45, 7) is 13.6. The van der Waals surface area contributed by atoms with Gasteiger partial charge in [-0.05, 0) is 94.0 Å². The Kier molecular flexibility index (Phi) is 8.95. The second kappa shape index (κ2) is 11.6. The molecule has 1 amide bonds. The molecule has 0 aliphatic rings. The lowest BCUT2D eigenvalue weighted by molar-refractivity contribution is -0.116. The van der Waals surface area contributed by atoms with Gasteiger partial charge in [-0.3, -0.25) is 4.79 Å². The van der Waals surface area contributed by atoms with Crippen LogP contribution in [0.1, 0.15) is 84.1 Å². The minimum Gasteiger partial charge on any atom is -0.504 e. The molecule has 0 aliphatic heterocycles. The first-order valence-electron chi connectivity index (χ1n) is 12.7. The molecule has 8 heteroatoms. The Labute approximate surface area is 222 Å². The van der Waals surface area contributed by atoms with Gasteiger partial charge in [-0.15, -0.1) is 5.11 Å². The van der Waals surface area contributed by atoms with E-state index in [-0.39, 0.29) is 16.5 Å². The Morgan fingerprint density at radius 3 is 2.43 bits per heavy atom. The number of aryl methyl sites for hydroxylation is 1. The van der Waals surface area contributed by atoms with E-state index < -0.39 is 22.5 Å². The first-order chi connectivity index (χ1) is 17.3. The molecule has 1 aromatic heterocycles. The molecule has 0 bridgehead atoms. The molecule has 3 aromatic rings. The monoisotopic (exact) mass is 525 g/mol. The molecule has 37 heavy (non-hydrogen) atoms. The Hall–Kier alpha value is -3.00. The van der Waals surface area contributed by atoms with E-state index in [2.05, 4.69) is 52.6 Å². The van der Waals surface area contributed by atoms with Crippen molar-refractivity contribution in [3.63, 3.8) is 0 Å². The summed E-state index contributed by atoms with van der Waals surface area (Å²) in [7, 11) is -1.61. The fraction of sp³-hybridized carbons (Fsp3) is 0.483.